The van der Waals surface area contributed by atoms with Crippen LogP contribution in [0.2, 0.25) is 0 Å². The average molecular weight is 494 g/mol. The molecule has 1 fully saturated rings. The Morgan fingerprint density at radius 2 is 1.53 bits per heavy atom. The van der Waals surface area contributed by atoms with E-state index in [1.807, 2.05) is 19.1 Å². The molecule has 0 radical (unpaired) electrons. The number of ether oxygens (including phenoxy) is 1. The summed E-state index contributed by atoms with van der Waals surface area (Å²) in [6, 6.07) is 18.6. The third-order valence-electron chi connectivity index (χ3n) is 6.54. The number of hydrogen-bond acceptors (Lipinski definition) is 5. The smallest absolute Gasteiger partial charge is 0.173 e. The topological polar surface area (TPSA) is 59.0 Å². The van der Waals surface area contributed by atoms with Crippen molar-refractivity contribution in [3.8, 4) is 0 Å². The van der Waals surface area contributed by atoms with Crippen LogP contribution in [0.25, 0.3) is 0 Å². The van der Waals surface area contributed by atoms with Crippen LogP contribution >= 0.6 is 0 Å². The van der Waals surface area contributed by atoms with Crippen molar-refractivity contribution in [2.75, 3.05) is 13.2 Å². The van der Waals surface area contributed by atoms with Crippen molar-refractivity contribution < 1.29 is 27.5 Å². The summed E-state index contributed by atoms with van der Waals surface area (Å²) >= 11 is 0. The van der Waals surface area contributed by atoms with Crippen molar-refractivity contribution in [1.82, 2.24) is 4.90 Å². The molecule has 5 rings (SSSR count). The molecule has 0 spiro atoms. The van der Waals surface area contributed by atoms with Gasteiger partial charge in [-0.1, -0.05) is 24.3 Å². The molecule has 1 aliphatic heterocycles. The molecule has 2 aromatic carbocycles. The van der Waals surface area contributed by atoms with E-state index in [1.54, 1.807) is 24.3 Å². The van der Waals surface area contributed by atoms with E-state index in [0.29, 0.717) is 25.4 Å². The van der Waals surface area contributed by atoms with Gasteiger partial charge in [-0.3, -0.25) is 4.90 Å². The zero-order valence-electron chi connectivity index (χ0n) is 20.1. The molecular formula is C29H29F2NO4. The molecule has 0 bridgehead atoms. The standard InChI is InChI=1S/C29H29F2NO4/c1-20-10-11-26(35-20)18-32(17-25-9-4-14-34-25)19-27-12-13-28(36-27)29(33,21-5-2-7-23(30)15-21)22-6-3-8-24(31)16-22/h2-3,5-8,10-13,15-16,25,33H,4,9,14,17-19H2,1H3/t25-/m0/s1. The van der Waals surface area contributed by atoms with Crippen molar-refractivity contribution in [2.45, 2.75) is 44.6 Å². The Kier molecular flexibility index (Phi) is 7.05. The van der Waals surface area contributed by atoms with E-state index in [9.17, 15) is 13.9 Å². The van der Waals surface area contributed by atoms with Gasteiger partial charge in [-0.25, -0.2) is 8.78 Å². The second-order valence-electron chi connectivity index (χ2n) is 9.31. The van der Waals surface area contributed by atoms with Gasteiger partial charge in [0.1, 0.15) is 34.7 Å². The first-order chi connectivity index (χ1) is 17.4. The van der Waals surface area contributed by atoms with Crippen LogP contribution in [0.15, 0.2) is 81.6 Å². The molecule has 1 saturated heterocycles. The summed E-state index contributed by atoms with van der Waals surface area (Å²) in [6.07, 6.45) is 2.17. The van der Waals surface area contributed by atoms with E-state index < -0.39 is 17.2 Å². The number of aryl methyl sites for hydroxylation is 1. The molecule has 7 heteroatoms. The zero-order valence-corrected chi connectivity index (χ0v) is 20.1. The predicted octanol–water partition coefficient (Wildman–Crippen LogP) is 5.92. The minimum atomic E-state index is -1.88. The minimum absolute atomic E-state index is 0.131. The summed E-state index contributed by atoms with van der Waals surface area (Å²) in [4.78, 5) is 2.18. The van der Waals surface area contributed by atoms with Crippen LogP contribution in [0.1, 0.15) is 47.0 Å². The van der Waals surface area contributed by atoms with E-state index >= 15 is 0 Å². The predicted molar refractivity (Wildman–Crippen MR) is 130 cm³/mol. The first kappa shape index (κ1) is 24.4. The highest BCUT2D eigenvalue weighted by Crippen LogP contribution is 2.38. The molecule has 1 aliphatic rings. The fraction of sp³-hybridized carbons (Fsp3) is 0.310. The number of halogens is 2. The maximum atomic E-state index is 14.1. The van der Waals surface area contributed by atoms with Crippen LogP contribution in [-0.2, 0) is 23.4 Å². The van der Waals surface area contributed by atoms with E-state index in [-0.39, 0.29) is 23.0 Å². The molecule has 2 aromatic heterocycles. The lowest BCUT2D eigenvalue weighted by Gasteiger charge is -2.28. The van der Waals surface area contributed by atoms with Crippen LogP contribution in [0.4, 0.5) is 8.78 Å². The molecule has 3 heterocycles. The molecule has 0 saturated carbocycles. The van der Waals surface area contributed by atoms with Gasteiger partial charge in [0.05, 0.1) is 19.2 Å². The Labute approximate surface area is 208 Å². The fourth-order valence-electron chi connectivity index (χ4n) is 4.81. The van der Waals surface area contributed by atoms with Gasteiger partial charge in [0.15, 0.2) is 5.60 Å². The summed E-state index contributed by atoms with van der Waals surface area (Å²) < 4.78 is 46.1. The van der Waals surface area contributed by atoms with Crippen LogP contribution < -0.4 is 0 Å². The third kappa shape index (κ3) is 5.28. The third-order valence-corrected chi connectivity index (χ3v) is 6.54. The van der Waals surface area contributed by atoms with E-state index in [4.69, 9.17) is 13.6 Å². The maximum absolute atomic E-state index is 14.1. The van der Waals surface area contributed by atoms with Crippen molar-refractivity contribution in [3.05, 3.63) is 119 Å². The van der Waals surface area contributed by atoms with Gasteiger partial charge in [0.25, 0.3) is 0 Å². The van der Waals surface area contributed by atoms with Crippen molar-refractivity contribution in [2.24, 2.45) is 0 Å². The Balaban J connectivity index is 1.46. The summed E-state index contributed by atoms with van der Waals surface area (Å²) in [6.45, 7) is 4.39. The number of hydrogen-bond donors (Lipinski definition) is 1. The van der Waals surface area contributed by atoms with Crippen LogP contribution in [0, 0.1) is 18.6 Å². The number of rotatable bonds is 9. The lowest BCUT2D eigenvalue weighted by molar-refractivity contribution is 0.0604. The monoisotopic (exact) mass is 493 g/mol. The Morgan fingerprint density at radius 1 is 0.889 bits per heavy atom. The molecule has 0 unspecified atom stereocenters. The van der Waals surface area contributed by atoms with Gasteiger partial charge in [0, 0.05) is 13.2 Å². The minimum Gasteiger partial charge on any atom is -0.465 e. The summed E-state index contributed by atoms with van der Waals surface area (Å²) in [5.41, 5.74) is -1.38. The average Bonchev–Trinajstić information content (AvgIpc) is 3.62. The number of nitrogens with zero attached hydrogens (tertiary/aromatic N) is 1. The molecule has 0 aliphatic carbocycles. The molecule has 188 valence electrons. The van der Waals surface area contributed by atoms with Crippen LogP contribution in [0.5, 0.6) is 0 Å². The largest absolute Gasteiger partial charge is 0.465 e. The summed E-state index contributed by atoms with van der Waals surface area (Å²) in [7, 11) is 0. The van der Waals surface area contributed by atoms with E-state index in [1.165, 1.54) is 36.4 Å². The molecule has 36 heavy (non-hydrogen) atoms. The highest BCUT2D eigenvalue weighted by molar-refractivity contribution is 5.44. The van der Waals surface area contributed by atoms with E-state index in [2.05, 4.69) is 4.90 Å². The van der Waals surface area contributed by atoms with Crippen LogP contribution in [-0.4, -0.2) is 29.3 Å². The molecular weight excluding hydrogens is 464 g/mol. The zero-order chi connectivity index (χ0) is 25.1. The number of furan rings is 2. The van der Waals surface area contributed by atoms with Gasteiger partial charge in [-0.2, -0.15) is 0 Å². The second kappa shape index (κ2) is 10.4. The fourth-order valence-corrected chi connectivity index (χ4v) is 4.81. The maximum Gasteiger partial charge on any atom is 0.173 e. The Hall–Kier alpha value is -3.26. The van der Waals surface area contributed by atoms with Crippen molar-refractivity contribution in [3.63, 3.8) is 0 Å². The molecule has 1 atom stereocenters. The van der Waals surface area contributed by atoms with Crippen molar-refractivity contribution in [1.29, 1.82) is 0 Å². The molecule has 5 nitrogen and oxygen atoms in total. The SMILES string of the molecule is Cc1ccc(CN(Cc2ccc(C(O)(c3cccc(F)c3)c3cccc(F)c3)o2)C[C@@H]2CCCO2)o1. The van der Waals surface area contributed by atoms with Gasteiger partial charge >= 0.3 is 0 Å². The normalized spacial score (nSPS) is 16.2. The van der Waals surface area contributed by atoms with Gasteiger partial charge < -0.3 is 18.7 Å². The van der Waals surface area contributed by atoms with Crippen molar-refractivity contribution >= 4 is 0 Å². The van der Waals surface area contributed by atoms with E-state index in [0.717, 1.165) is 31.0 Å². The van der Waals surface area contributed by atoms with Gasteiger partial charge in [-0.15, -0.1) is 0 Å². The Bertz CT molecular complexity index is 1260. The summed E-state index contributed by atoms with van der Waals surface area (Å²) in [5, 5.41) is 11.9. The Morgan fingerprint density at radius 3 is 2.08 bits per heavy atom. The molecule has 0 amide bonds. The van der Waals surface area contributed by atoms with Crippen LogP contribution in [0.3, 0.4) is 0 Å². The first-order valence-corrected chi connectivity index (χ1v) is 12.1. The van der Waals surface area contributed by atoms with Gasteiger partial charge in [0.2, 0.25) is 0 Å². The molecule has 1 N–H and O–H groups in total. The number of aliphatic hydroxyl groups is 1. The highest BCUT2D eigenvalue weighted by Gasteiger charge is 2.38. The second-order valence-corrected chi connectivity index (χ2v) is 9.31. The molecule has 4 aromatic rings. The highest BCUT2D eigenvalue weighted by atomic mass is 19.1. The first-order valence-electron chi connectivity index (χ1n) is 12.1. The summed E-state index contributed by atoms with van der Waals surface area (Å²) in [5.74, 6) is 1.46. The lowest BCUT2D eigenvalue weighted by atomic mass is 9.84. The number of benzene rings is 2. The lowest BCUT2D eigenvalue weighted by Crippen LogP contribution is -2.31. The quantitative estimate of drug-likeness (QED) is 0.313. The van der Waals surface area contributed by atoms with Gasteiger partial charge in [-0.05, 0) is 79.4 Å².